The second-order valence-electron chi connectivity index (χ2n) is 2.63. The molecule has 1 aromatic rings. The lowest BCUT2D eigenvalue weighted by molar-refractivity contribution is 0.0679. The Balaban J connectivity index is 3.22. The van der Waals surface area contributed by atoms with Gasteiger partial charge in [0.15, 0.2) is 0 Å². The van der Waals surface area contributed by atoms with Crippen LogP contribution in [-0.4, -0.2) is 19.3 Å². The van der Waals surface area contributed by atoms with Crippen LogP contribution >= 0.6 is 23.2 Å². The van der Waals surface area contributed by atoms with Gasteiger partial charge in [0.25, 0.3) is 0 Å². The van der Waals surface area contributed by atoms with Crippen molar-refractivity contribution in [2.45, 2.75) is 6.43 Å². The highest BCUT2D eigenvalue weighted by Gasteiger charge is 2.22. The van der Waals surface area contributed by atoms with Crippen molar-refractivity contribution in [2.75, 3.05) is 7.11 Å². The van der Waals surface area contributed by atoms with Gasteiger partial charge in [-0.3, -0.25) is 4.79 Å². The van der Waals surface area contributed by atoms with Gasteiger partial charge in [-0.25, -0.2) is 8.78 Å². The highest BCUT2D eigenvalue weighted by Crippen LogP contribution is 2.31. The predicted octanol–water partition coefficient (Wildman–Crippen LogP) is 3.45. The van der Waals surface area contributed by atoms with Crippen LogP contribution in [0.2, 0.25) is 10.0 Å². The molecule has 1 rings (SSSR count). The van der Waals surface area contributed by atoms with Crippen LogP contribution in [0.4, 0.5) is 8.78 Å². The van der Waals surface area contributed by atoms with E-state index in [4.69, 9.17) is 27.9 Å². The van der Waals surface area contributed by atoms with E-state index in [1.807, 2.05) is 0 Å². The minimum Gasteiger partial charge on any atom is -0.495 e. The molecule has 0 aliphatic rings. The fourth-order valence-corrected chi connectivity index (χ4v) is 1.48. The Labute approximate surface area is 94.7 Å². The van der Waals surface area contributed by atoms with E-state index < -0.39 is 12.2 Å². The Morgan fingerprint density at radius 2 is 1.93 bits per heavy atom. The summed E-state index contributed by atoms with van der Waals surface area (Å²) >= 11 is 11.3. The number of carbonyl (C=O) groups excluding carboxylic acids is 1. The van der Waals surface area contributed by atoms with Crippen molar-refractivity contribution in [3.8, 4) is 5.75 Å². The van der Waals surface area contributed by atoms with E-state index in [1.54, 1.807) is 0 Å². The van der Waals surface area contributed by atoms with Crippen molar-refractivity contribution >= 4 is 29.0 Å². The Kier molecular flexibility index (Phi) is 3.88. The van der Waals surface area contributed by atoms with Gasteiger partial charge >= 0.3 is 6.43 Å². The molecule has 0 heterocycles. The average molecular weight is 255 g/mol. The van der Waals surface area contributed by atoms with Gasteiger partial charge in [-0.15, -0.1) is 0 Å². The van der Waals surface area contributed by atoms with E-state index in [1.165, 1.54) is 13.2 Å². The van der Waals surface area contributed by atoms with Gasteiger partial charge in [0, 0.05) is 11.6 Å². The largest absolute Gasteiger partial charge is 0.495 e. The average Bonchev–Trinajstić information content (AvgIpc) is 2.19. The molecule has 0 aliphatic heterocycles. The van der Waals surface area contributed by atoms with Gasteiger partial charge in [0.1, 0.15) is 5.75 Å². The number of methoxy groups -OCH3 is 1. The van der Waals surface area contributed by atoms with Crippen LogP contribution in [0.15, 0.2) is 12.1 Å². The van der Waals surface area contributed by atoms with E-state index in [2.05, 4.69) is 0 Å². The van der Waals surface area contributed by atoms with Gasteiger partial charge < -0.3 is 4.74 Å². The van der Waals surface area contributed by atoms with Crippen LogP contribution in [0.5, 0.6) is 5.75 Å². The van der Waals surface area contributed by atoms with Crippen molar-refractivity contribution < 1.29 is 18.3 Å². The van der Waals surface area contributed by atoms with Crippen LogP contribution < -0.4 is 4.74 Å². The zero-order valence-electron chi connectivity index (χ0n) is 7.56. The van der Waals surface area contributed by atoms with Crippen LogP contribution in [0, 0.1) is 0 Å². The van der Waals surface area contributed by atoms with Crippen molar-refractivity contribution in [2.24, 2.45) is 0 Å². The Hall–Kier alpha value is -0.870. The summed E-state index contributed by atoms with van der Waals surface area (Å²) in [6, 6.07) is 2.29. The number of ether oxygens (including phenoxy) is 1. The summed E-state index contributed by atoms with van der Waals surface area (Å²) in [5.41, 5.74) is -0.308. The molecule has 0 atom stereocenters. The molecule has 0 spiro atoms. The van der Waals surface area contributed by atoms with E-state index in [0.29, 0.717) is 0 Å². The lowest BCUT2D eigenvalue weighted by Gasteiger charge is -2.07. The molecule has 0 radical (unpaired) electrons. The van der Waals surface area contributed by atoms with Crippen molar-refractivity contribution in [1.82, 2.24) is 0 Å². The number of halogens is 4. The molecular formula is C9H6Cl2F2O2. The number of rotatable bonds is 3. The third-order valence-electron chi connectivity index (χ3n) is 1.71. The van der Waals surface area contributed by atoms with Gasteiger partial charge in [0.2, 0.25) is 5.78 Å². The van der Waals surface area contributed by atoms with Crippen molar-refractivity contribution in [1.29, 1.82) is 0 Å². The first-order valence-corrected chi connectivity index (χ1v) is 4.58. The normalized spacial score (nSPS) is 10.5. The topological polar surface area (TPSA) is 26.3 Å². The molecule has 15 heavy (non-hydrogen) atoms. The molecule has 0 N–H and O–H groups in total. The monoisotopic (exact) mass is 254 g/mol. The van der Waals surface area contributed by atoms with Gasteiger partial charge in [-0.05, 0) is 6.07 Å². The van der Waals surface area contributed by atoms with Crippen molar-refractivity contribution in [3.63, 3.8) is 0 Å². The highest BCUT2D eigenvalue weighted by atomic mass is 35.5. The quantitative estimate of drug-likeness (QED) is 0.773. The second kappa shape index (κ2) is 4.77. The molecule has 0 amide bonds. The number of hydrogen-bond acceptors (Lipinski definition) is 2. The molecule has 82 valence electrons. The van der Waals surface area contributed by atoms with Crippen molar-refractivity contribution in [3.05, 3.63) is 27.7 Å². The molecule has 0 unspecified atom stereocenters. The maximum atomic E-state index is 12.1. The van der Waals surface area contributed by atoms with Gasteiger partial charge in [-0.2, -0.15) is 0 Å². The summed E-state index contributed by atoms with van der Waals surface area (Å²) in [6.07, 6.45) is -3.10. The fraction of sp³-hybridized carbons (Fsp3) is 0.222. The SMILES string of the molecule is COc1cc(Cl)c(C(=O)C(F)F)cc1Cl. The molecule has 0 saturated heterocycles. The summed E-state index contributed by atoms with van der Waals surface area (Å²) in [7, 11) is 1.35. The zero-order valence-corrected chi connectivity index (χ0v) is 9.07. The lowest BCUT2D eigenvalue weighted by atomic mass is 10.1. The Morgan fingerprint density at radius 1 is 1.33 bits per heavy atom. The van der Waals surface area contributed by atoms with Crippen LogP contribution in [-0.2, 0) is 0 Å². The van der Waals surface area contributed by atoms with Crippen LogP contribution in [0.25, 0.3) is 0 Å². The summed E-state index contributed by atoms with van der Waals surface area (Å²) < 4.78 is 29.1. The van der Waals surface area contributed by atoms with Crippen LogP contribution in [0.1, 0.15) is 10.4 Å². The van der Waals surface area contributed by atoms with Gasteiger partial charge in [-0.1, -0.05) is 23.2 Å². The molecule has 0 bridgehead atoms. The minimum atomic E-state index is -3.10. The third-order valence-corrected chi connectivity index (χ3v) is 2.31. The molecular weight excluding hydrogens is 249 g/mol. The smallest absolute Gasteiger partial charge is 0.300 e. The summed E-state index contributed by atoms with van der Waals surface area (Å²) in [5, 5.41) is -0.0487. The molecule has 0 saturated carbocycles. The van der Waals surface area contributed by atoms with E-state index >= 15 is 0 Å². The number of alkyl halides is 2. The second-order valence-corrected chi connectivity index (χ2v) is 3.45. The number of benzene rings is 1. The molecule has 0 fully saturated rings. The summed E-state index contributed by atoms with van der Waals surface area (Å²) in [5.74, 6) is -1.13. The predicted molar refractivity (Wildman–Crippen MR) is 53.3 cm³/mol. The summed E-state index contributed by atoms with van der Waals surface area (Å²) in [6.45, 7) is 0. The first-order valence-electron chi connectivity index (χ1n) is 3.82. The molecule has 0 aromatic heterocycles. The maximum absolute atomic E-state index is 12.1. The zero-order chi connectivity index (χ0) is 11.6. The number of hydrogen-bond donors (Lipinski definition) is 0. The third kappa shape index (κ3) is 2.58. The Bertz CT molecular complexity index is 394. The van der Waals surface area contributed by atoms with E-state index in [0.717, 1.165) is 6.07 Å². The number of ketones is 1. The number of Topliss-reactive ketones (excluding diaryl/α,β-unsaturated/α-hetero) is 1. The standard InChI is InChI=1S/C9H6Cl2F2O2/c1-15-7-3-5(10)4(2-6(7)11)8(14)9(12)13/h2-3,9H,1H3. The first-order chi connectivity index (χ1) is 6.97. The van der Waals surface area contributed by atoms with Gasteiger partial charge in [0.05, 0.1) is 17.2 Å². The molecule has 1 aromatic carbocycles. The molecule has 0 aliphatic carbocycles. The number of carbonyl (C=O) groups is 1. The maximum Gasteiger partial charge on any atom is 0.300 e. The summed E-state index contributed by atoms with van der Waals surface area (Å²) in [4.78, 5) is 11.0. The minimum absolute atomic E-state index is 0.0610. The first kappa shape index (κ1) is 12.2. The molecule has 2 nitrogen and oxygen atoms in total. The molecule has 6 heteroatoms. The highest BCUT2D eigenvalue weighted by molar-refractivity contribution is 6.37. The van der Waals surface area contributed by atoms with E-state index in [-0.39, 0.29) is 21.4 Å². The lowest BCUT2D eigenvalue weighted by Crippen LogP contribution is -2.10. The Morgan fingerprint density at radius 3 is 2.40 bits per heavy atom. The fourth-order valence-electron chi connectivity index (χ4n) is 0.991. The van der Waals surface area contributed by atoms with Crippen LogP contribution in [0.3, 0.4) is 0 Å². The van der Waals surface area contributed by atoms with E-state index in [9.17, 15) is 13.6 Å².